The highest BCUT2D eigenvalue weighted by Gasteiger charge is 2.37. The van der Waals surface area contributed by atoms with E-state index in [0.29, 0.717) is 21.7 Å². The zero-order valence-electron chi connectivity index (χ0n) is 19.8. The van der Waals surface area contributed by atoms with Crippen molar-refractivity contribution in [3.05, 3.63) is 90.2 Å². The van der Waals surface area contributed by atoms with Gasteiger partial charge in [0, 0.05) is 26.2 Å². The molecule has 0 aliphatic carbocycles. The minimum Gasteiger partial charge on any atom is -0.477 e. The van der Waals surface area contributed by atoms with E-state index in [1.54, 1.807) is 0 Å². The van der Waals surface area contributed by atoms with Gasteiger partial charge in [0.15, 0.2) is 0 Å². The predicted octanol–water partition coefficient (Wildman–Crippen LogP) is 2.79. The summed E-state index contributed by atoms with van der Waals surface area (Å²) in [5, 5.41) is 9.93. The molecule has 0 unspecified atom stereocenters. The highest BCUT2D eigenvalue weighted by Crippen LogP contribution is 2.34. The number of carboxylic acids is 1. The number of fused-ring (bicyclic) bond motifs is 1. The maximum absolute atomic E-state index is 14.1. The standard InChI is InChI=1S/C24H20F4N4O5/c1-4-31-19(12-8-9-15-16(10-12)30(3)22(36)29(15)2)17(21(34)35)20(33)32(23(31)37)11-13-6-5-7-14(25)18(13)24(26,27)28/h5-10H,4,11H2,1-3H3,(H,34,35). The topological polar surface area (TPSA) is 108 Å². The van der Waals surface area contributed by atoms with Crippen LogP contribution < -0.4 is 16.9 Å². The van der Waals surface area contributed by atoms with Gasteiger partial charge in [-0.2, -0.15) is 13.2 Å². The molecule has 2 aromatic carbocycles. The monoisotopic (exact) mass is 520 g/mol. The minimum absolute atomic E-state index is 0.135. The van der Waals surface area contributed by atoms with Crippen LogP contribution >= 0.6 is 0 Å². The van der Waals surface area contributed by atoms with E-state index in [-0.39, 0.29) is 23.5 Å². The number of aromatic nitrogens is 4. The van der Waals surface area contributed by atoms with E-state index in [4.69, 9.17) is 0 Å². The van der Waals surface area contributed by atoms with Crippen molar-refractivity contribution < 1.29 is 27.5 Å². The molecule has 4 aromatic rings. The Kier molecular flexibility index (Phi) is 6.18. The number of aryl methyl sites for hydroxylation is 2. The Morgan fingerprint density at radius 1 is 0.946 bits per heavy atom. The molecular weight excluding hydrogens is 500 g/mol. The maximum atomic E-state index is 14.1. The third-order valence-corrected chi connectivity index (χ3v) is 6.21. The lowest BCUT2D eigenvalue weighted by Gasteiger charge is -2.19. The summed E-state index contributed by atoms with van der Waals surface area (Å²) in [4.78, 5) is 51.1. The molecule has 2 heterocycles. The first-order valence-corrected chi connectivity index (χ1v) is 10.9. The number of benzene rings is 2. The number of rotatable bonds is 5. The van der Waals surface area contributed by atoms with Gasteiger partial charge >= 0.3 is 23.5 Å². The maximum Gasteiger partial charge on any atom is 0.419 e. The highest BCUT2D eigenvalue weighted by atomic mass is 19.4. The van der Waals surface area contributed by atoms with Gasteiger partial charge in [-0.25, -0.2) is 18.8 Å². The van der Waals surface area contributed by atoms with E-state index in [1.165, 1.54) is 48.4 Å². The first kappa shape index (κ1) is 25.7. The van der Waals surface area contributed by atoms with Gasteiger partial charge in [-0.3, -0.25) is 23.1 Å². The molecule has 0 fully saturated rings. The van der Waals surface area contributed by atoms with E-state index in [1.807, 2.05) is 0 Å². The van der Waals surface area contributed by atoms with Gasteiger partial charge in [-0.15, -0.1) is 0 Å². The van der Waals surface area contributed by atoms with E-state index >= 15 is 0 Å². The van der Waals surface area contributed by atoms with Crippen molar-refractivity contribution in [2.75, 3.05) is 0 Å². The van der Waals surface area contributed by atoms with Crippen LogP contribution in [0.5, 0.6) is 0 Å². The van der Waals surface area contributed by atoms with Crippen LogP contribution in [-0.4, -0.2) is 29.3 Å². The highest BCUT2D eigenvalue weighted by molar-refractivity contribution is 5.95. The normalized spacial score (nSPS) is 11.9. The third-order valence-electron chi connectivity index (χ3n) is 6.21. The van der Waals surface area contributed by atoms with Crippen LogP contribution in [0.3, 0.4) is 0 Å². The third kappa shape index (κ3) is 4.05. The second-order valence-electron chi connectivity index (χ2n) is 8.32. The van der Waals surface area contributed by atoms with Crippen LogP contribution in [0.15, 0.2) is 50.8 Å². The van der Waals surface area contributed by atoms with Gasteiger partial charge in [-0.1, -0.05) is 18.2 Å². The lowest BCUT2D eigenvalue weighted by atomic mass is 10.0. The number of aromatic carboxylic acids is 1. The molecule has 13 heteroatoms. The number of nitrogens with zero attached hydrogens (tertiary/aromatic N) is 4. The number of alkyl halides is 3. The molecule has 4 rings (SSSR count). The van der Waals surface area contributed by atoms with E-state index in [2.05, 4.69) is 0 Å². The van der Waals surface area contributed by atoms with Crippen molar-refractivity contribution in [3.63, 3.8) is 0 Å². The van der Waals surface area contributed by atoms with Gasteiger partial charge in [0.25, 0.3) is 5.56 Å². The summed E-state index contributed by atoms with van der Waals surface area (Å²) in [7, 11) is 3.03. The predicted molar refractivity (Wildman–Crippen MR) is 125 cm³/mol. The Bertz CT molecular complexity index is 1760. The quantitative estimate of drug-likeness (QED) is 0.407. The molecule has 0 amide bonds. The van der Waals surface area contributed by atoms with Crippen molar-refractivity contribution in [2.45, 2.75) is 26.2 Å². The molecule has 0 bridgehead atoms. The van der Waals surface area contributed by atoms with Crippen LogP contribution in [0.25, 0.3) is 22.3 Å². The van der Waals surface area contributed by atoms with Crippen LogP contribution in [0.4, 0.5) is 17.6 Å². The van der Waals surface area contributed by atoms with Gasteiger partial charge in [0.2, 0.25) is 0 Å². The fourth-order valence-electron chi connectivity index (χ4n) is 4.47. The van der Waals surface area contributed by atoms with Gasteiger partial charge in [0.1, 0.15) is 11.4 Å². The van der Waals surface area contributed by atoms with Crippen LogP contribution in [0.2, 0.25) is 0 Å². The van der Waals surface area contributed by atoms with Crippen molar-refractivity contribution in [1.29, 1.82) is 0 Å². The molecule has 0 atom stereocenters. The molecule has 0 spiro atoms. The largest absolute Gasteiger partial charge is 0.477 e. The summed E-state index contributed by atoms with van der Waals surface area (Å²) in [6.07, 6.45) is -5.12. The van der Waals surface area contributed by atoms with Crippen LogP contribution in [-0.2, 0) is 33.4 Å². The second-order valence-corrected chi connectivity index (χ2v) is 8.32. The van der Waals surface area contributed by atoms with Crippen molar-refractivity contribution >= 4 is 17.0 Å². The summed E-state index contributed by atoms with van der Waals surface area (Å²) in [6, 6.07) is 6.91. The Morgan fingerprint density at radius 3 is 2.19 bits per heavy atom. The summed E-state index contributed by atoms with van der Waals surface area (Å²) < 4.78 is 58.6. The van der Waals surface area contributed by atoms with Crippen molar-refractivity contribution in [2.24, 2.45) is 14.1 Å². The van der Waals surface area contributed by atoms with E-state index in [9.17, 15) is 41.8 Å². The zero-order chi connectivity index (χ0) is 27.4. The Labute approximate surface area is 205 Å². The SMILES string of the molecule is CCn1c(-c2ccc3c(c2)n(C)c(=O)n3C)c(C(=O)O)c(=O)n(Cc2cccc(F)c2C(F)(F)F)c1=O. The summed E-state index contributed by atoms with van der Waals surface area (Å²) in [5.41, 5.74) is -5.22. The number of hydrogen-bond acceptors (Lipinski definition) is 4. The molecule has 0 aliphatic rings. The lowest BCUT2D eigenvalue weighted by molar-refractivity contribution is -0.140. The number of halogens is 4. The Hall–Kier alpha value is -4.42. The van der Waals surface area contributed by atoms with E-state index < -0.39 is 52.4 Å². The number of hydrogen-bond donors (Lipinski definition) is 1. The minimum atomic E-state index is -5.12. The molecule has 0 aliphatic heterocycles. The second kappa shape index (κ2) is 8.91. The van der Waals surface area contributed by atoms with Gasteiger partial charge in [0.05, 0.1) is 28.8 Å². The first-order chi connectivity index (χ1) is 17.3. The van der Waals surface area contributed by atoms with Gasteiger partial charge in [-0.05, 0) is 30.7 Å². The molecule has 0 saturated heterocycles. The van der Waals surface area contributed by atoms with Gasteiger partial charge < -0.3 is 5.11 Å². The molecule has 0 saturated carbocycles. The average Bonchev–Trinajstić information content (AvgIpc) is 3.03. The lowest BCUT2D eigenvalue weighted by Crippen LogP contribution is -2.44. The molecule has 37 heavy (non-hydrogen) atoms. The molecular formula is C24H20F4N4O5. The Morgan fingerprint density at radius 2 is 1.59 bits per heavy atom. The van der Waals surface area contributed by atoms with Crippen molar-refractivity contribution in [3.8, 4) is 11.3 Å². The Balaban J connectivity index is 2.04. The van der Waals surface area contributed by atoms with Crippen LogP contribution in [0.1, 0.15) is 28.4 Å². The summed E-state index contributed by atoms with van der Waals surface area (Å²) in [6.45, 7) is 0.346. The molecule has 194 valence electrons. The van der Waals surface area contributed by atoms with Crippen molar-refractivity contribution in [1.82, 2.24) is 18.3 Å². The average molecular weight is 520 g/mol. The number of carbonyl (C=O) groups is 1. The molecule has 1 N–H and O–H groups in total. The molecule has 2 aromatic heterocycles. The van der Waals surface area contributed by atoms with Crippen LogP contribution in [0, 0.1) is 5.82 Å². The number of imidazole rings is 1. The fourth-order valence-corrected chi connectivity index (χ4v) is 4.47. The zero-order valence-corrected chi connectivity index (χ0v) is 19.8. The van der Waals surface area contributed by atoms with E-state index in [0.717, 1.165) is 16.7 Å². The summed E-state index contributed by atoms with van der Waals surface area (Å²) >= 11 is 0. The molecule has 0 radical (unpaired) electrons. The smallest absolute Gasteiger partial charge is 0.419 e. The fraction of sp³-hybridized carbons (Fsp3) is 0.250. The molecule has 9 nitrogen and oxygen atoms in total. The first-order valence-electron chi connectivity index (χ1n) is 10.9. The summed E-state index contributed by atoms with van der Waals surface area (Å²) in [5.74, 6) is -3.31. The number of carboxylic acid groups (broad SMARTS) is 1.